The highest BCUT2D eigenvalue weighted by Gasteiger charge is 2.36. The van der Waals surface area contributed by atoms with E-state index in [0.717, 1.165) is 44.2 Å². The van der Waals surface area contributed by atoms with Gasteiger partial charge in [-0.2, -0.15) is 0 Å². The van der Waals surface area contributed by atoms with Gasteiger partial charge in [0.15, 0.2) is 0 Å². The van der Waals surface area contributed by atoms with Crippen LogP contribution in [0.3, 0.4) is 0 Å². The van der Waals surface area contributed by atoms with Crippen molar-refractivity contribution in [2.45, 2.75) is 25.2 Å². The van der Waals surface area contributed by atoms with Gasteiger partial charge >= 0.3 is 0 Å². The third-order valence-electron chi connectivity index (χ3n) is 15.0. The number of furan rings is 2. The molecular formula is C66H44O2. The van der Waals surface area contributed by atoms with Crippen molar-refractivity contribution >= 4 is 65.4 Å². The van der Waals surface area contributed by atoms with Crippen molar-refractivity contribution in [3.8, 4) is 44.5 Å². The summed E-state index contributed by atoms with van der Waals surface area (Å²) < 4.78 is 12.9. The lowest BCUT2D eigenvalue weighted by atomic mass is 9.78. The van der Waals surface area contributed by atoms with Crippen LogP contribution in [-0.2, 0) is 5.41 Å². The molecule has 0 unspecified atom stereocenters. The zero-order valence-electron chi connectivity index (χ0n) is 37.8. The van der Waals surface area contributed by atoms with Gasteiger partial charge < -0.3 is 8.83 Å². The third-order valence-corrected chi connectivity index (χ3v) is 15.0. The molecule has 0 N–H and O–H groups in total. The molecule has 0 aliphatic heterocycles. The fraction of sp³-hybridized carbons (Fsp3) is 0.0606. The van der Waals surface area contributed by atoms with E-state index in [1.165, 1.54) is 93.5 Å². The maximum Gasteiger partial charge on any atom is 0.136 e. The van der Waals surface area contributed by atoms with E-state index in [2.05, 4.69) is 238 Å². The average molecular weight is 869 g/mol. The summed E-state index contributed by atoms with van der Waals surface area (Å²) in [5.41, 5.74) is 19.7. The Balaban J connectivity index is 0.926. The van der Waals surface area contributed by atoms with Crippen molar-refractivity contribution in [2.75, 3.05) is 0 Å². The van der Waals surface area contributed by atoms with E-state index in [1.807, 2.05) is 0 Å². The largest absolute Gasteiger partial charge is 0.456 e. The molecule has 0 radical (unpaired) electrons. The number of benzene rings is 11. The predicted molar refractivity (Wildman–Crippen MR) is 284 cm³/mol. The normalized spacial score (nSPS) is 13.1. The summed E-state index contributed by atoms with van der Waals surface area (Å²) >= 11 is 0. The van der Waals surface area contributed by atoms with Gasteiger partial charge in [-0.1, -0.05) is 196 Å². The third kappa shape index (κ3) is 5.97. The molecule has 68 heavy (non-hydrogen) atoms. The van der Waals surface area contributed by atoms with Gasteiger partial charge in [0.25, 0.3) is 0 Å². The highest BCUT2D eigenvalue weighted by atomic mass is 16.3. The second-order valence-corrected chi connectivity index (χ2v) is 19.2. The molecule has 0 fully saturated rings. The first kappa shape index (κ1) is 38.8. The van der Waals surface area contributed by atoms with Crippen LogP contribution in [0.1, 0.15) is 47.6 Å². The minimum atomic E-state index is -0.195. The molecule has 1 aliphatic rings. The zero-order valence-corrected chi connectivity index (χ0v) is 37.8. The van der Waals surface area contributed by atoms with Crippen molar-refractivity contribution in [1.29, 1.82) is 0 Å². The summed E-state index contributed by atoms with van der Waals surface area (Å²) in [6.45, 7) is 4.79. The van der Waals surface area contributed by atoms with E-state index in [0.29, 0.717) is 0 Å². The molecule has 1 aliphatic carbocycles. The van der Waals surface area contributed by atoms with Crippen LogP contribution in [0.2, 0.25) is 0 Å². The lowest BCUT2D eigenvalue weighted by Crippen LogP contribution is -2.16. The molecule has 2 heterocycles. The summed E-state index contributed by atoms with van der Waals surface area (Å²) in [4.78, 5) is 0. The van der Waals surface area contributed by atoms with Crippen LogP contribution in [0.25, 0.3) is 110 Å². The molecule has 0 spiro atoms. The Morgan fingerprint density at radius 2 is 0.750 bits per heavy atom. The monoisotopic (exact) mass is 868 g/mol. The SMILES string of the molecule is CC1(C)c2cc(-c3ccccc3)ccc2-c2ccc(C(c3cccc(-c4ccc5oc6ccc7ccccc7c6c5c4)c3)c3cccc(-c4ccc5oc6ccc7ccccc7c6c5c4)c3)cc21. The van der Waals surface area contributed by atoms with Gasteiger partial charge in [0.2, 0.25) is 0 Å². The summed E-state index contributed by atoms with van der Waals surface area (Å²) in [5, 5.41) is 9.44. The zero-order chi connectivity index (χ0) is 45.1. The summed E-state index contributed by atoms with van der Waals surface area (Å²) in [6, 6.07) is 82.5. The van der Waals surface area contributed by atoms with Gasteiger partial charge in [0.05, 0.1) is 0 Å². The highest BCUT2D eigenvalue weighted by Crippen LogP contribution is 2.51. The van der Waals surface area contributed by atoms with Crippen molar-refractivity contribution in [2.24, 2.45) is 0 Å². The van der Waals surface area contributed by atoms with Gasteiger partial charge in [-0.05, 0) is 136 Å². The van der Waals surface area contributed by atoms with Gasteiger partial charge in [-0.25, -0.2) is 0 Å². The van der Waals surface area contributed by atoms with Gasteiger partial charge in [-0.3, -0.25) is 0 Å². The van der Waals surface area contributed by atoms with Crippen molar-refractivity contribution in [3.05, 3.63) is 252 Å². The summed E-state index contributed by atoms with van der Waals surface area (Å²) in [7, 11) is 0. The second-order valence-electron chi connectivity index (χ2n) is 19.2. The molecule has 2 nitrogen and oxygen atoms in total. The number of hydrogen-bond donors (Lipinski definition) is 0. The molecule has 13 aromatic rings. The Bertz CT molecular complexity index is 3980. The first-order valence-corrected chi connectivity index (χ1v) is 23.7. The average Bonchev–Trinajstić information content (AvgIpc) is 4.04. The summed E-state index contributed by atoms with van der Waals surface area (Å²) in [5.74, 6) is -0.0514. The van der Waals surface area contributed by atoms with E-state index in [1.54, 1.807) is 0 Å². The molecule has 320 valence electrons. The Kier molecular flexibility index (Phi) is 8.42. The van der Waals surface area contributed by atoms with E-state index in [9.17, 15) is 0 Å². The first-order chi connectivity index (χ1) is 33.4. The van der Waals surface area contributed by atoms with Crippen LogP contribution >= 0.6 is 0 Å². The number of fused-ring (bicyclic) bond motifs is 13. The van der Waals surface area contributed by atoms with Crippen molar-refractivity contribution in [3.63, 3.8) is 0 Å². The first-order valence-electron chi connectivity index (χ1n) is 23.7. The Morgan fingerprint density at radius 1 is 0.309 bits per heavy atom. The van der Waals surface area contributed by atoms with Crippen LogP contribution in [0.5, 0.6) is 0 Å². The second kappa shape index (κ2) is 14.8. The van der Waals surface area contributed by atoms with E-state index < -0.39 is 0 Å². The van der Waals surface area contributed by atoms with E-state index in [-0.39, 0.29) is 11.3 Å². The molecule has 14 rings (SSSR count). The molecule has 2 aromatic heterocycles. The Labute approximate surface area is 394 Å². The maximum absolute atomic E-state index is 6.44. The molecule has 2 heteroatoms. The van der Waals surface area contributed by atoms with Crippen molar-refractivity contribution < 1.29 is 8.83 Å². The van der Waals surface area contributed by atoms with Crippen LogP contribution in [0.15, 0.2) is 233 Å². The standard InChI is InChI=1S/C66H44O2/c1-66(2)57-38-47(40-12-4-3-5-13-40)22-28-53(57)54-29-23-50(39-58(54)66)63(48-18-10-16-43(34-48)45-26-30-59-55(36-45)64-51-20-8-6-14-41(51)24-32-61(64)67-59)49-19-11-17-44(35-49)46-27-31-60-56(37-46)65-52-21-9-7-15-42(52)25-33-62(65)68-60/h3-39,63H,1-2H3. The Hall–Kier alpha value is -8.46. The number of rotatable bonds is 6. The smallest absolute Gasteiger partial charge is 0.136 e. The fourth-order valence-corrected chi connectivity index (χ4v) is 11.6. The highest BCUT2D eigenvalue weighted by molar-refractivity contribution is 6.20. The van der Waals surface area contributed by atoms with Crippen LogP contribution < -0.4 is 0 Å². The topological polar surface area (TPSA) is 26.3 Å². The molecule has 0 bridgehead atoms. The number of hydrogen-bond acceptors (Lipinski definition) is 2. The fourth-order valence-electron chi connectivity index (χ4n) is 11.6. The molecule has 0 saturated heterocycles. The lowest BCUT2D eigenvalue weighted by molar-refractivity contribution is 0.659. The molecular weight excluding hydrogens is 825 g/mol. The summed E-state index contributed by atoms with van der Waals surface area (Å²) in [6.07, 6.45) is 0. The van der Waals surface area contributed by atoms with Crippen molar-refractivity contribution in [1.82, 2.24) is 0 Å². The molecule has 0 amide bonds. The maximum atomic E-state index is 6.44. The van der Waals surface area contributed by atoms with Crippen LogP contribution in [0, 0.1) is 0 Å². The Morgan fingerprint density at radius 3 is 1.34 bits per heavy atom. The quantitative estimate of drug-likeness (QED) is 0.156. The van der Waals surface area contributed by atoms with E-state index in [4.69, 9.17) is 8.83 Å². The van der Waals surface area contributed by atoms with Crippen LogP contribution in [-0.4, -0.2) is 0 Å². The van der Waals surface area contributed by atoms with Gasteiger partial charge in [-0.15, -0.1) is 0 Å². The van der Waals surface area contributed by atoms with Gasteiger partial charge in [0.1, 0.15) is 22.3 Å². The van der Waals surface area contributed by atoms with Gasteiger partial charge in [0, 0.05) is 32.9 Å². The minimum absolute atomic E-state index is 0.0514. The predicted octanol–water partition coefficient (Wildman–Crippen LogP) is 18.3. The van der Waals surface area contributed by atoms with E-state index >= 15 is 0 Å². The lowest BCUT2D eigenvalue weighted by Gasteiger charge is -2.25. The van der Waals surface area contributed by atoms with Crippen LogP contribution in [0.4, 0.5) is 0 Å². The molecule has 11 aromatic carbocycles. The molecule has 0 atom stereocenters. The molecule has 0 saturated carbocycles. The minimum Gasteiger partial charge on any atom is -0.456 e.